The van der Waals surface area contributed by atoms with E-state index < -0.39 is 0 Å². The number of benzene rings is 1. The third kappa shape index (κ3) is 1.56. The van der Waals surface area contributed by atoms with Crippen LogP contribution in [0.4, 0.5) is 0 Å². The fourth-order valence-corrected chi connectivity index (χ4v) is 2.49. The predicted molar refractivity (Wildman–Crippen MR) is 55.4 cm³/mol. The lowest BCUT2D eigenvalue weighted by Crippen LogP contribution is -1.92. The molecular formula is C11H12S. The molecule has 0 saturated carbocycles. The van der Waals surface area contributed by atoms with Gasteiger partial charge in [-0.05, 0) is 17.4 Å². The highest BCUT2D eigenvalue weighted by atomic mass is 32.2. The van der Waals surface area contributed by atoms with Crippen LogP contribution in [0.15, 0.2) is 41.3 Å². The molecule has 0 fully saturated rings. The van der Waals surface area contributed by atoms with Crippen LogP contribution in [0.25, 0.3) is 0 Å². The summed E-state index contributed by atoms with van der Waals surface area (Å²) in [5.41, 5.74) is 1.45. The molecule has 12 heavy (non-hydrogen) atoms. The lowest BCUT2D eigenvalue weighted by molar-refractivity contribution is 0.996. The molecule has 0 N–H and O–H groups in total. The quantitative estimate of drug-likeness (QED) is 0.631. The maximum Gasteiger partial charge on any atom is 0.0123 e. The van der Waals surface area contributed by atoms with Crippen molar-refractivity contribution in [3.8, 4) is 0 Å². The first-order valence-corrected chi connectivity index (χ1v) is 5.21. The Balaban J connectivity index is 2.22. The van der Waals surface area contributed by atoms with Gasteiger partial charge in [0.2, 0.25) is 0 Å². The summed E-state index contributed by atoms with van der Waals surface area (Å²) >= 11 is 1.96. The summed E-state index contributed by atoms with van der Waals surface area (Å²) in [7, 11) is 0. The third-order valence-electron chi connectivity index (χ3n) is 2.15. The van der Waals surface area contributed by atoms with Crippen molar-refractivity contribution in [2.75, 3.05) is 5.75 Å². The zero-order valence-electron chi connectivity index (χ0n) is 7.16. The molecule has 1 aliphatic rings. The summed E-state index contributed by atoms with van der Waals surface area (Å²) in [6, 6.07) is 10.7. The Morgan fingerprint density at radius 2 is 2.00 bits per heavy atom. The van der Waals surface area contributed by atoms with Crippen LogP contribution >= 0.6 is 11.8 Å². The van der Waals surface area contributed by atoms with E-state index in [1.54, 1.807) is 0 Å². The number of thioether (sulfide) groups is 1. The molecule has 0 aliphatic carbocycles. The second-order valence-electron chi connectivity index (χ2n) is 3.11. The fourth-order valence-electron chi connectivity index (χ4n) is 1.49. The Hall–Kier alpha value is -0.690. The minimum absolute atomic E-state index is 0.649. The van der Waals surface area contributed by atoms with Crippen molar-refractivity contribution in [3.05, 3.63) is 46.9 Å². The maximum atomic E-state index is 2.36. The average Bonchev–Trinajstić information content (AvgIpc) is 2.54. The first kappa shape index (κ1) is 7.93. The average molecular weight is 176 g/mol. The van der Waals surface area contributed by atoms with E-state index in [9.17, 15) is 0 Å². The summed E-state index contributed by atoms with van der Waals surface area (Å²) < 4.78 is 0. The molecule has 1 unspecified atom stereocenters. The van der Waals surface area contributed by atoms with Crippen molar-refractivity contribution in [2.45, 2.75) is 12.8 Å². The highest BCUT2D eigenvalue weighted by Gasteiger charge is 2.14. The van der Waals surface area contributed by atoms with Crippen LogP contribution in [0.2, 0.25) is 0 Å². The normalized spacial score (nSPS) is 22.4. The molecule has 62 valence electrons. The first-order valence-electron chi connectivity index (χ1n) is 4.22. The SMILES string of the molecule is CC1=CC(c2ccccc2)CS1. The lowest BCUT2D eigenvalue weighted by atomic mass is 10.0. The molecule has 1 aromatic rings. The second-order valence-corrected chi connectivity index (χ2v) is 4.37. The van der Waals surface area contributed by atoms with E-state index >= 15 is 0 Å². The Morgan fingerprint density at radius 3 is 2.58 bits per heavy atom. The molecule has 1 aromatic carbocycles. The third-order valence-corrected chi connectivity index (χ3v) is 3.27. The first-order chi connectivity index (χ1) is 5.86. The molecule has 1 heterocycles. The van der Waals surface area contributed by atoms with E-state index in [2.05, 4.69) is 43.3 Å². The van der Waals surface area contributed by atoms with Crippen LogP contribution in [0.3, 0.4) is 0 Å². The van der Waals surface area contributed by atoms with Gasteiger partial charge >= 0.3 is 0 Å². The zero-order valence-corrected chi connectivity index (χ0v) is 7.97. The van der Waals surface area contributed by atoms with Gasteiger partial charge in [0, 0.05) is 11.7 Å². The summed E-state index contributed by atoms with van der Waals surface area (Å²) in [4.78, 5) is 1.46. The number of hydrogen-bond acceptors (Lipinski definition) is 1. The van der Waals surface area contributed by atoms with Crippen LogP contribution in [-0.4, -0.2) is 5.75 Å². The molecule has 0 radical (unpaired) electrons. The van der Waals surface area contributed by atoms with E-state index in [0.717, 1.165) is 0 Å². The van der Waals surface area contributed by atoms with Gasteiger partial charge in [-0.2, -0.15) is 0 Å². The van der Waals surface area contributed by atoms with Crippen molar-refractivity contribution in [1.82, 2.24) is 0 Å². The molecule has 1 atom stereocenters. The molecule has 0 aromatic heterocycles. The van der Waals surface area contributed by atoms with E-state index in [0.29, 0.717) is 5.92 Å². The van der Waals surface area contributed by atoms with Crippen molar-refractivity contribution in [2.24, 2.45) is 0 Å². The van der Waals surface area contributed by atoms with Crippen molar-refractivity contribution in [3.63, 3.8) is 0 Å². The van der Waals surface area contributed by atoms with Gasteiger partial charge in [-0.25, -0.2) is 0 Å². The number of rotatable bonds is 1. The van der Waals surface area contributed by atoms with Gasteiger partial charge in [-0.1, -0.05) is 36.4 Å². The standard InChI is InChI=1S/C11H12S/c1-9-7-11(8-12-9)10-5-3-2-4-6-10/h2-7,11H,8H2,1H3. The Bertz CT molecular complexity index is 287. The van der Waals surface area contributed by atoms with Gasteiger partial charge in [0.15, 0.2) is 0 Å². The number of hydrogen-bond donors (Lipinski definition) is 0. The van der Waals surface area contributed by atoms with Crippen LogP contribution in [0.1, 0.15) is 18.4 Å². The van der Waals surface area contributed by atoms with Gasteiger partial charge in [-0.3, -0.25) is 0 Å². The molecule has 1 heteroatoms. The Morgan fingerprint density at radius 1 is 1.25 bits per heavy atom. The minimum Gasteiger partial charge on any atom is -0.130 e. The van der Waals surface area contributed by atoms with Crippen LogP contribution < -0.4 is 0 Å². The Labute approximate surface area is 77.7 Å². The molecule has 2 rings (SSSR count). The fraction of sp³-hybridized carbons (Fsp3) is 0.273. The summed E-state index contributed by atoms with van der Waals surface area (Å²) in [6.07, 6.45) is 2.36. The van der Waals surface area contributed by atoms with Gasteiger partial charge in [0.05, 0.1) is 0 Å². The highest BCUT2D eigenvalue weighted by Crippen LogP contribution is 2.34. The molecular weight excluding hydrogens is 164 g/mol. The molecule has 0 amide bonds. The monoisotopic (exact) mass is 176 g/mol. The van der Waals surface area contributed by atoms with Crippen LogP contribution in [0, 0.1) is 0 Å². The Kier molecular flexibility index (Phi) is 2.22. The molecule has 0 bridgehead atoms. The van der Waals surface area contributed by atoms with E-state index in [4.69, 9.17) is 0 Å². The smallest absolute Gasteiger partial charge is 0.0123 e. The molecule has 0 spiro atoms. The predicted octanol–water partition coefficient (Wildman–Crippen LogP) is 3.42. The molecule has 1 aliphatic heterocycles. The molecule has 0 nitrogen and oxygen atoms in total. The summed E-state index contributed by atoms with van der Waals surface area (Å²) in [5.74, 6) is 1.87. The van der Waals surface area contributed by atoms with Gasteiger partial charge in [0.25, 0.3) is 0 Å². The summed E-state index contributed by atoms with van der Waals surface area (Å²) in [6.45, 7) is 2.19. The van der Waals surface area contributed by atoms with E-state index in [-0.39, 0.29) is 0 Å². The largest absolute Gasteiger partial charge is 0.130 e. The highest BCUT2D eigenvalue weighted by molar-refractivity contribution is 8.03. The van der Waals surface area contributed by atoms with Gasteiger partial charge in [-0.15, -0.1) is 11.8 Å². The number of allylic oxidation sites excluding steroid dienone is 2. The van der Waals surface area contributed by atoms with Crippen molar-refractivity contribution < 1.29 is 0 Å². The van der Waals surface area contributed by atoms with E-state index in [1.165, 1.54) is 16.2 Å². The molecule has 0 saturated heterocycles. The van der Waals surface area contributed by atoms with E-state index in [1.807, 2.05) is 11.8 Å². The van der Waals surface area contributed by atoms with Crippen LogP contribution in [0.5, 0.6) is 0 Å². The van der Waals surface area contributed by atoms with Crippen molar-refractivity contribution >= 4 is 11.8 Å². The van der Waals surface area contributed by atoms with Gasteiger partial charge in [0.1, 0.15) is 0 Å². The summed E-state index contributed by atoms with van der Waals surface area (Å²) in [5, 5.41) is 0. The zero-order chi connectivity index (χ0) is 8.39. The van der Waals surface area contributed by atoms with Crippen LogP contribution in [-0.2, 0) is 0 Å². The maximum absolute atomic E-state index is 2.36. The second kappa shape index (κ2) is 3.36. The topological polar surface area (TPSA) is 0 Å². The van der Waals surface area contributed by atoms with Gasteiger partial charge < -0.3 is 0 Å². The lowest BCUT2D eigenvalue weighted by Gasteiger charge is -2.05. The van der Waals surface area contributed by atoms with Crippen molar-refractivity contribution in [1.29, 1.82) is 0 Å². The minimum atomic E-state index is 0.649.